The number of amides is 1. The number of fused-ring (bicyclic) bond motifs is 1. The lowest BCUT2D eigenvalue weighted by Crippen LogP contribution is -2.41. The van der Waals surface area contributed by atoms with Crippen molar-refractivity contribution < 1.29 is 4.79 Å². The van der Waals surface area contributed by atoms with Crippen LogP contribution in [0.2, 0.25) is 0 Å². The predicted octanol–water partition coefficient (Wildman–Crippen LogP) is 3.61. The van der Waals surface area contributed by atoms with Crippen molar-refractivity contribution in [3.63, 3.8) is 0 Å². The van der Waals surface area contributed by atoms with Crippen LogP contribution in [0, 0.1) is 32.1 Å². The summed E-state index contributed by atoms with van der Waals surface area (Å²) in [4.78, 5) is 26.2. The van der Waals surface area contributed by atoms with E-state index in [2.05, 4.69) is 50.2 Å². The fraction of sp³-hybridized carbons (Fsp3) is 0.571. The zero-order valence-electron chi connectivity index (χ0n) is 16.9. The van der Waals surface area contributed by atoms with Crippen LogP contribution in [0.1, 0.15) is 42.5 Å². The van der Waals surface area contributed by atoms with Crippen molar-refractivity contribution in [3.8, 4) is 12.3 Å². The predicted molar refractivity (Wildman–Crippen MR) is 115 cm³/mol. The molecule has 1 fully saturated rings. The Kier molecular flexibility index (Phi) is 5.50. The third-order valence-corrected chi connectivity index (χ3v) is 7.10. The second-order valence-corrected chi connectivity index (χ2v) is 9.05. The van der Waals surface area contributed by atoms with E-state index in [0.717, 1.165) is 54.8 Å². The van der Waals surface area contributed by atoms with Gasteiger partial charge < -0.3 is 10.2 Å². The molecule has 29 heavy (non-hydrogen) atoms. The summed E-state index contributed by atoms with van der Waals surface area (Å²) in [6, 6.07) is 0. The number of hydrogen-bond donors (Lipinski definition) is 1. The molecule has 1 amide bonds. The first kappa shape index (κ1) is 19.8. The highest BCUT2D eigenvalue weighted by Gasteiger charge is 2.39. The number of thiophene rings is 1. The molecule has 4 rings (SSSR count). The van der Waals surface area contributed by atoms with Gasteiger partial charge in [-0.3, -0.25) is 4.79 Å². The molecule has 2 aliphatic heterocycles. The Morgan fingerprint density at radius 2 is 2.07 bits per heavy atom. The number of carbonyl (C=O) groups excluding carboxylic acids is 1. The van der Waals surface area contributed by atoms with E-state index in [4.69, 9.17) is 6.42 Å². The van der Waals surface area contributed by atoms with Crippen LogP contribution >= 0.6 is 11.3 Å². The second kappa shape index (κ2) is 8.07. The number of rotatable bonds is 7. The average Bonchev–Trinajstić information content (AvgIpc) is 3.45. The van der Waals surface area contributed by atoms with Crippen LogP contribution in [0.25, 0.3) is 10.2 Å². The van der Waals surface area contributed by atoms with E-state index in [1.165, 1.54) is 10.4 Å². The van der Waals surface area contributed by atoms with E-state index >= 15 is 0 Å². The van der Waals surface area contributed by atoms with Crippen LogP contribution in [0.4, 0.5) is 5.82 Å². The summed E-state index contributed by atoms with van der Waals surface area (Å²) in [6.07, 6.45) is 10.8. The maximum absolute atomic E-state index is 12.6. The molecule has 1 N–H and O–H groups in total. The van der Waals surface area contributed by atoms with Crippen LogP contribution in [-0.2, 0) is 4.79 Å². The topological polar surface area (TPSA) is 82.8 Å². The average molecular weight is 411 g/mol. The van der Waals surface area contributed by atoms with E-state index in [1.54, 1.807) is 17.7 Å². The molecule has 2 aromatic rings. The fourth-order valence-corrected chi connectivity index (χ4v) is 4.95. The van der Waals surface area contributed by atoms with Crippen LogP contribution in [0.15, 0.2) is 16.6 Å². The molecule has 2 aromatic heterocycles. The lowest BCUT2D eigenvalue weighted by atomic mass is 9.95. The maximum atomic E-state index is 12.6. The van der Waals surface area contributed by atoms with E-state index < -0.39 is 0 Å². The number of terminal acetylenes is 1. The fourth-order valence-electron chi connectivity index (χ4n) is 3.96. The SMILES string of the molecule is C#CCCC1(CCNC(=O)C2CCN(c3ncnc4sc(C)c(C)c34)CC2)N=N1. The number of anilines is 1. The summed E-state index contributed by atoms with van der Waals surface area (Å²) in [5.41, 5.74) is 0.924. The van der Waals surface area contributed by atoms with Crippen LogP contribution in [0.5, 0.6) is 0 Å². The summed E-state index contributed by atoms with van der Waals surface area (Å²) >= 11 is 1.72. The Bertz CT molecular complexity index is 977. The van der Waals surface area contributed by atoms with Crippen LogP contribution in [0.3, 0.4) is 0 Å². The van der Waals surface area contributed by atoms with E-state index in [1.807, 2.05) is 0 Å². The minimum absolute atomic E-state index is 0.0450. The number of hydrogen-bond acceptors (Lipinski definition) is 7. The maximum Gasteiger partial charge on any atom is 0.223 e. The van der Waals surface area contributed by atoms with E-state index in [0.29, 0.717) is 13.0 Å². The highest BCUT2D eigenvalue weighted by Crippen LogP contribution is 2.37. The van der Waals surface area contributed by atoms with E-state index in [-0.39, 0.29) is 17.5 Å². The molecule has 0 radical (unpaired) electrons. The van der Waals surface area contributed by atoms with Crippen molar-refractivity contribution in [3.05, 3.63) is 16.8 Å². The highest BCUT2D eigenvalue weighted by atomic mass is 32.1. The largest absolute Gasteiger partial charge is 0.356 e. The molecule has 4 heterocycles. The molecule has 0 aliphatic carbocycles. The summed E-state index contributed by atoms with van der Waals surface area (Å²) < 4.78 is 0. The smallest absolute Gasteiger partial charge is 0.223 e. The number of aryl methyl sites for hydroxylation is 2. The summed E-state index contributed by atoms with van der Waals surface area (Å²) in [7, 11) is 0. The molecule has 0 unspecified atom stereocenters. The quantitative estimate of drug-likeness (QED) is 0.707. The number of nitrogens with zero attached hydrogens (tertiary/aromatic N) is 5. The molecule has 152 valence electrons. The van der Waals surface area contributed by atoms with Gasteiger partial charge >= 0.3 is 0 Å². The zero-order chi connectivity index (χ0) is 20.4. The molecule has 8 heteroatoms. The van der Waals surface area contributed by atoms with Crippen molar-refractivity contribution in [2.24, 2.45) is 16.1 Å². The Labute approximate surface area is 175 Å². The van der Waals surface area contributed by atoms with Crippen molar-refractivity contribution in [1.29, 1.82) is 0 Å². The van der Waals surface area contributed by atoms with Gasteiger partial charge in [-0.2, -0.15) is 10.2 Å². The first-order chi connectivity index (χ1) is 14.0. The normalized spacial score (nSPS) is 18.0. The minimum atomic E-state index is -0.335. The lowest BCUT2D eigenvalue weighted by Gasteiger charge is -2.32. The Balaban J connectivity index is 1.30. The Morgan fingerprint density at radius 3 is 2.76 bits per heavy atom. The van der Waals surface area contributed by atoms with Gasteiger partial charge in [0.25, 0.3) is 0 Å². The van der Waals surface area contributed by atoms with Crippen molar-refractivity contribution in [1.82, 2.24) is 15.3 Å². The molecule has 0 spiro atoms. The first-order valence-electron chi connectivity index (χ1n) is 10.1. The van der Waals surface area contributed by atoms with Gasteiger partial charge in [0.2, 0.25) is 5.91 Å². The van der Waals surface area contributed by atoms with Gasteiger partial charge in [0.15, 0.2) is 5.66 Å². The minimum Gasteiger partial charge on any atom is -0.356 e. The van der Waals surface area contributed by atoms with Crippen molar-refractivity contribution in [2.75, 3.05) is 24.5 Å². The van der Waals surface area contributed by atoms with Crippen molar-refractivity contribution >= 4 is 33.3 Å². The third kappa shape index (κ3) is 4.10. The van der Waals surface area contributed by atoms with Crippen LogP contribution in [-0.4, -0.2) is 41.2 Å². The van der Waals surface area contributed by atoms with Gasteiger partial charge in [-0.25, -0.2) is 9.97 Å². The Hall–Kier alpha value is -2.53. The van der Waals surface area contributed by atoms with Crippen LogP contribution < -0.4 is 10.2 Å². The molecule has 2 aliphatic rings. The second-order valence-electron chi connectivity index (χ2n) is 7.85. The zero-order valence-corrected chi connectivity index (χ0v) is 17.8. The summed E-state index contributed by atoms with van der Waals surface area (Å²) in [6.45, 7) is 6.51. The monoisotopic (exact) mass is 410 g/mol. The van der Waals surface area contributed by atoms with Gasteiger partial charge in [0.05, 0.1) is 5.39 Å². The standard InChI is InChI=1S/C21H26N6OS/c1-4-5-8-21(25-26-21)9-10-22-19(28)16-6-11-27(12-7-16)18-17-14(2)15(3)29-20(17)24-13-23-18/h1,13,16H,5-12H2,2-3H3,(H,22,28). The number of carbonyl (C=O) groups is 1. The van der Waals surface area contributed by atoms with Gasteiger partial charge in [0, 0.05) is 49.7 Å². The summed E-state index contributed by atoms with van der Waals surface area (Å²) in [5, 5.41) is 12.5. The van der Waals surface area contributed by atoms with Crippen molar-refractivity contribution in [2.45, 2.75) is 51.6 Å². The van der Waals surface area contributed by atoms with Gasteiger partial charge in [-0.05, 0) is 32.3 Å². The van der Waals surface area contributed by atoms with E-state index in [9.17, 15) is 4.79 Å². The molecule has 0 atom stereocenters. The summed E-state index contributed by atoms with van der Waals surface area (Å²) in [5.74, 6) is 3.81. The van der Waals surface area contributed by atoms with Gasteiger partial charge in [-0.15, -0.1) is 23.7 Å². The third-order valence-electron chi connectivity index (χ3n) is 5.99. The first-order valence-corrected chi connectivity index (χ1v) is 11.0. The number of piperidine rings is 1. The molecule has 7 nitrogen and oxygen atoms in total. The lowest BCUT2D eigenvalue weighted by molar-refractivity contribution is -0.125. The highest BCUT2D eigenvalue weighted by molar-refractivity contribution is 7.18. The molecular weight excluding hydrogens is 384 g/mol. The number of nitrogens with one attached hydrogen (secondary N) is 1. The van der Waals surface area contributed by atoms with Gasteiger partial charge in [-0.1, -0.05) is 0 Å². The molecule has 1 saturated heterocycles. The molecule has 0 saturated carbocycles. The molecule has 0 bridgehead atoms. The van der Waals surface area contributed by atoms with Gasteiger partial charge in [0.1, 0.15) is 17.0 Å². The number of aromatic nitrogens is 2. The Morgan fingerprint density at radius 1 is 1.31 bits per heavy atom. The molecular formula is C21H26N6OS. The molecule has 0 aromatic carbocycles.